The molecule has 0 unspecified atom stereocenters. The zero-order valence-corrected chi connectivity index (χ0v) is 10.1. The summed E-state index contributed by atoms with van der Waals surface area (Å²) >= 11 is 0. The Morgan fingerprint density at radius 2 is 2.24 bits per heavy atom. The Kier molecular flexibility index (Phi) is 5.01. The molecule has 0 heterocycles. The highest BCUT2D eigenvalue weighted by Crippen LogP contribution is 2.21. The van der Waals surface area contributed by atoms with Gasteiger partial charge in [0.25, 0.3) is 0 Å². The van der Waals surface area contributed by atoms with Crippen LogP contribution in [-0.2, 0) is 9.53 Å². The first-order chi connectivity index (χ1) is 8.22. The third-order valence-electron chi connectivity index (χ3n) is 2.16. The average molecular weight is 232 g/mol. The van der Waals surface area contributed by atoms with E-state index in [1.54, 1.807) is 32.3 Å². The summed E-state index contributed by atoms with van der Waals surface area (Å²) in [6.07, 6.45) is 3.19. The quantitative estimate of drug-likeness (QED) is 0.445. The number of allylic oxidation sites excluding steroid dienone is 2. The molecule has 0 bridgehead atoms. The number of esters is 1. The molecular weight excluding hydrogens is 216 g/mol. The number of hydrogen-bond donors (Lipinski definition) is 0. The number of benzene rings is 1. The van der Waals surface area contributed by atoms with Crippen molar-refractivity contribution < 1.29 is 14.3 Å². The Morgan fingerprint density at radius 3 is 2.82 bits per heavy atom. The van der Waals surface area contributed by atoms with Gasteiger partial charge in [-0.25, -0.2) is 4.79 Å². The lowest BCUT2D eigenvalue weighted by molar-refractivity contribution is -0.136. The van der Waals surface area contributed by atoms with Crippen molar-refractivity contribution in [1.82, 2.24) is 0 Å². The lowest BCUT2D eigenvalue weighted by Crippen LogP contribution is -2.06. The molecule has 0 aromatic heterocycles. The Morgan fingerprint density at radius 1 is 1.47 bits per heavy atom. The summed E-state index contributed by atoms with van der Waals surface area (Å²) in [4.78, 5) is 11.8. The highest BCUT2D eigenvalue weighted by molar-refractivity contribution is 6.16. The SMILES string of the molecule is C=C/C=C(/C(=O)OCC)c1cccc(OC)c1. The normalized spacial score (nSPS) is 10.8. The van der Waals surface area contributed by atoms with E-state index in [0.717, 1.165) is 5.56 Å². The second-order valence-electron chi connectivity index (χ2n) is 3.27. The summed E-state index contributed by atoms with van der Waals surface area (Å²) in [5.74, 6) is 0.336. The molecule has 0 atom stereocenters. The van der Waals surface area contributed by atoms with Gasteiger partial charge in [0.1, 0.15) is 5.75 Å². The van der Waals surface area contributed by atoms with E-state index in [-0.39, 0.29) is 5.97 Å². The largest absolute Gasteiger partial charge is 0.497 e. The fourth-order valence-electron chi connectivity index (χ4n) is 1.40. The lowest BCUT2D eigenvalue weighted by Gasteiger charge is -2.08. The highest BCUT2D eigenvalue weighted by atomic mass is 16.5. The molecule has 3 nitrogen and oxygen atoms in total. The van der Waals surface area contributed by atoms with Gasteiger partial charge in [0, 0.05) is 0 Å². The van der Waals surface area contributed by atoms with Gasteiger partial charge in [-0.3, -0.25) is 0 Å². The van der Waals surface area contributed by atoms with Gasteiger partial charge in [0.15, 0.2) is 0 Å². The van der Waals surface area contributed by atoms with Gasteiger partial charge in [0.2, 0.25) is 0 Å². The topological polar surface area (TPSA) is 35.5 Å². The molecule has 1 rings (SSSR count). The predicted octanol–water partition coefficient (Wildman–Crippen LogP) is 2.83. The maximum atomic E-state index is 11.8. The molecule has 0 aliphatic rings. The number of methoxy groups -OCH3 is 1. The van der Waals surface area contributed by atoms with Gasteiger partial charge in [-0.15, -0.1) is 0 Å². The fourth-order valence-corrected chi connectivity index (χ4v) is 1.40. The number of carbonyl (C=O) groups is 1. The van der Waals surface area contributed by atoms with Gasteiger partial charge < -0.3 is 9.47 Å². The van der Waals surface area contributed by atoms with E-state index in [2.05, 4.69) is 6.58 Å². The lowest BCUT2D eigenvalue weighted by atomic mass is 10.1. The van der Waals surface area contributed by atoms with Crippen LogP contribution >= 0.6 is 0 Å². The van der Waals surface area contributed by atoms with Crippen LogP contribution in [0, 0.1) is 0 Å². The third-order valence-corrected chi connectivity index (χ3v) is 2.16. The van der Waals surface area contributed by atoms with Crippen molar-refractivity contribution in [3.63, 3.8) is 0 Å². The molecule has 1 aromatic rings. The number of hydrogen-bond acceptors (Lipinski definition) is 3. The molecule has 0 fully saturated rings. The van der Waals surface area contributed by atoms with E-state index in [4.69, 9.17) is 9.47 Å². The van der Waals surface area contributed by atoms with E-state index in [9.17, 15) is 4.79 Å². The van der Waals surface area contributed by atoms with E-state index < -0.39 is 0 Å². The van der Waals surface area contributed by atoms with Crippen LogP contribution in [0.1, 0.15) is 12.5 Å². The molecule has 0 spiro atoms. The number of carbonyl (C=O) groups excluding carboxylic acids is 1. The molecule has 0 N–H and O–H groups in total. The van der Waals surface area contributed by atoms with Crippen LogP contribution in [0.2, 0.25) is 0 Å². The van der Waals surface area contributed by atoms with Crippen molar-refractivity contribution in [2.24, 2.45) is 0 Å². The Hall–Kier alpha value is -2.03. The molecule has 0 aliphatic heterocycles. The maximum Gasteiger partial charge on any atom is 0.338 e. The molecule has 0 saturated carbocycles. The van der Waals surface area contributed by atoms with Crippen LogP contribution in [0.5, 0.6) is 5.75 Å². The highest BCUT2D eigenvalue weighted by Gasteiger charge is 2.12. The molecule has 0 saturated heterocycles. The first-order valence-corrected chi connectivity index (χ1v) is 5.37. The molecule has 90 valence electrons. The van der Waals surface area contributed by atoms with Crippen molar-refractivity contribution >= 4 is 11.5 Å². The number of rotatable bonds is 5. The van der Waals surface area contributed by atoms with Gasteiger partial charge in [0.05, 0.1) is 19.3 Å². The molecule has 17 heavy (non-hydrogen) atoms. The second-order valence-corrected chi connectivity index (χ2v) is 3.27. The smallest absolute Gasteiger partial charge is 0.338 e. The van der Waals surface area contributed by atoms with E-state index >= 15 is 0 Å². The monoisotopic (exact) mass is 232 g/mol. The molecule has 3 heteroatoms. The Labute approximate surface area is 101 Å². The van der Waals surface area contributed by atoms with Gasteiger partial charge in [-0.1, -0.05) is 24.8 Å². The minimum atomic E-state index is -0.361. The standard InChI is InChI=1S/C14H16O3/c1-4-7-13(14(15)17-5-2)11-8-6-9-12(10-11)16-3/h4,6-10H,1,5H2,2-3H3/b13-7+. The number of ether oxygens (including phenoxy) is 2. The maximum absolute atomic E-state index is 11.8. The van der Waals surface area contributed by atoms with Crippen molar-refractivity contribution in [3.8, 4) is 5.75 Å². The third kappa shape index (κ3) is 3.48. The first kappa shape index (κ1) is 13.0. The van der Waals surface area contributed by atoms with Crippen LogP contribution in [0.25, 0.3) is 5.57 Å². The van der Waals surface area contributed by atoms with Crippen molar-refractivity contribution in [1.29, 1.82) is 0 Å². The zero-order valence-electron chi connectivity index (χ0n) is 10.1. The van der Waals surface area contributed by atoms with Gasteiger partial charge in [-0.2, -0.15) is 0 Å². The summed E-state index contributed by atoms with van der Waals surface area (Å²) in [7, 11) is 1.58. The minimum absolute atomic E-state index is 0.345. The Balaban J connectivity index is 3.09. The van der Waals surface area contributed by atoms with Crippen LogP contribution in [0.4, 0.5) is 0 Å². The van der Waals surface area contributed by atoms with E-state index in [0.29, 0.717) is 17.9 Å². The summed E-state index contributed by atoms with van der Waals surface area (Å²) in [5, 5.41) is 0. The predicted molar refractivity (Wildman–Crippen MR) is 67.8 cm³/mol. The summed E-state index contributed by atoms with van der Waals surface area (Å²) in [5.41, 5.74) is 1.23. The summed E-state index contributed by atoms with van der Waals surface area (Å²) in [6, 6.07) is 7.26. The average Bonchev–Trinajstić information content (AvgIpc) is 2.36. The molecule has 0 radical (unpaired) electrons. The molecule has 1 aromatic carbocycles. The van der Waals surface area contributed by atoms with E-state index in [1.807, 2.05) is 18.2 Å². The summed E-state index contributed by atoms with van der Waals surface area (Å²) < 4.78 is 10.1. The molecule has 0 aliphatic carbocycles. The molecular formula is C14H16O3. The first-order valence-electron chi connectivity index (χ1n) is 5.37. The van der Waals surface area contributed by atoms with Gasteiger partial charge >= 0.3 is 5.97 Å². The second kappa shape index (κ2) is 6.53. The minimum Gasteiger partial charge on any atom is -0.497 e. The van der Waals surface area contributed by atoms with Crippen molar-refractivity contribution in [3.05, 3.63) is 48.6 Å². The van der Waals surface area contributed by atoms with Crippen LogP contribution in [-0.4, -0.2) is 19.7 Å². The van der Waals surface area contributed by atoms with E-state index in [1.165, 1.54) is 0 Å². The van der Waals surface area contributed by atoms with Crippen LogP contribution < -0.4 is 4.74 Å². The van der Waals surface area contributed by atoms with Crippen molar-refractivity contribution in [2.75, 3.05) is 13.7 Å². The van der Waals surface area contributed by atoms with Crippen molar-refractivity contribution in [2.45, 2.75) is 6.92 Å². The zero-order chi connectivity index (χ0) is 12.7. The molecule has 0 amide bonds. The Bertz CT molecular complexity index is 433. The van der Waals surface area contributed by atoms with Crippen LogP contribution in [0.3, 0.4) is 0 Å². The summed E-state index contributed by atoms with van der Waals surface area (Å²) in [6.45, 7) is 5.71. The fraction of sp³-hybridized carbons (Fsp3) is 0.214. The van der Waals surface area contributed by atoms with Crippen LogP contribution in [0.15, 0.2) is 43.0 Å². The van der Waals surface area contributed by atoms with Gasteiger partial charge in [-0.05, 0) is 30.7 Å².